The van der Waals surface area contributed by atoms with Crippen LogP contribution in [0.2, 0.25) is 0 Å². The molecule has 0 spiro atoms. The number of ether oxygens (including phenoxy) is 4. The van der Waals surface area contributed by atoms with Crippen molar-refractivity contribution < 1.29 is 18.9 Å². The minimum absolute atomic E-state index is 0.245. The average molecular weight is 364 g/mol. The van der Waals surface area contributed by atoms with Gasteiger partial charge in [0.1, 0.15) is 0 Å². The van der Waals surface area contributed by atoms with Crippen LogP contribution in [0.25, 0.3) is 6.08 Å². The van der Waals surface area contributed by atoms with Crippen molar-refractivity contribution in [2.45, 2.75) is 13.3 Å². The lowest BCUT2D eigenvalue weighted by Gasteiger charge is -2.10. The lowest BCUT2D eigenvalue weighted by atomic mass is 9.97. The first-order valence-electron chi connectivity index (χ1n) is 8.62. The summed E-state index contributed by atoms with van der Waals surface area (Å²) in [5, 5.41) is 8.76. The second kappa shape index (κ2) is 7.15. The summed E-state index contributed by atoms with van der Waals surface area (Å²) < 4.78 is 21.9. The Hall–Kier alpha value is -3.28. The fourth-order valence-corrected chi connectivity index (χ4v) is 3.21. The molecule has 0 unspecified atom stereocenters. The monoisotopic (exact) mass is 364 g/mol. The fraction of sp³-hybridized carbons (Fsp3) is 0.238. The van der Waals surface area contributed by atoms with Gasteiger partial charge in [-0.25, -0.2) is 0 Å². The summed E-state index contributed by atoms with van der Waals surface area (Å²) in [6, 6.07) is 9.73. The highest BCUT2D eigenvalue weighted by Crippen LogP contribution is 2.36. The summed E-state index contributed by atoms with van der Waals surface area (Å²) in [5.74, 6) is 2.85. The van der Waals surface area contributed by atoms with E-state index in [4.69, 9.17) is 18.9 Å². The molecule has 2 heterocycles. The predicted octanol–water partition coefficient (Wildman–Crippen LogP) is 3.87. The molecule has 0 saturated heterocycles. The standard InChI is InChI=1S/C21H20N2O4/c1-13-9-15-10-19-20(27-12-26-19)11-16(15)17(23-22-13)8-7-14-5-4-6-18(24-2)21(14)25-3/h4-8,10-11H,9,12H2,1-3H3/b8-7+. The third-order valence-corrected chi connectivity index (χ3v) is 4.50. The van der Waals surface area contributed by atoms with Crippen LogP contribution in [0.4, 0.5) is 0 Å². The van der Waals surface area contributed by atoms with Gasteiger partial charge in [-0.05, 0) is 42.8 Å². The highest BCUT2D eigenvalue weighted by Gasteiger charge is 2.21. The lowest BCUT2D eigenvalue weighted by Crippen LogP contribution is -2.03. The molecule has 0 bridgehead atoms. The van der Waals surface area contributed by atoms with Crippen LogP contribution >= 0.6 is 0 Å². The van der Waals surface area contributed by atoms with Crippen LogP contribution in [-0.4, -0.2) is 32.4 Å². The molecule has 0 aromatic heterocycles. The van der Waals surface area contributed by atoms with Gasteiger partial charge < -0.3 is 18.9 Å². The zero-order valence-electron chi connectivity index (χ0n) is 15.5. The lowest BCUT2D eigenvalue weighted by molar-refractivity contribution is 0.174. The van der Waals surface area contributed by atoms with Gasteiger partial charge in [-0.3, -0.25) is 0 Å². The quantitative estimate of drug-likeness (QED) is 0.826. The van der Waals surface area contributed by atoms with Gasteiger partial charge in [-0.2, -0.15) is 10.2 Å². The van der Waals surface area contributed by atoms with E-state index in [-0.39, 0.29) is 6.79 Å². The van der Waals surface area contributed by atoms with E-state index in [0.717, 1.165) is 46.0 Å². The number of hydrogen-bond donors (Lipinski definition) is 0. The number of fused-ring (bicyclic) bond motifs is 2. The van der Waals surface area contributed by atoms with Gasteiger partial charge in [-0.1, -0.05) is 12.1 Å². The number of para-hydroxylation sites is 1. The molecular formula is C21H20N2O4. The Morgan fingerprint density at radius 2 is 1.81 bits per heavy atom. The van der Waals surface area contributed by atoms with Gasteiger partial charge in [-0.15, -0.1) is 0 Å². The normalized spacial score (nSPS) is 15.1. The molecule has 6 heteroatoms. The van der Waals surface area contributed by atoms with Crippen molar-refractivity contribution in [2.75, 3.05) is 21.0 Å². The zero-order valence-corrected chi connectivity index (χ0v) is 15.5. The molecule has 0 radical (unpaired) electrons. The number of rotatable bonds is 4. The van der Waals surface area contributed by atoms with Crippen LogP contribution in [0.15, 0.2) is 46.6 Å². The first-order valence-corrected chi connectivity index (χ1v) is 8.62. The molecule has 0 atom stereocenters. The van der Waals surface area contributed by atoms with Gasteiger partial charge >= 0.3 is 0 Å². The molecule has 138 valence electrons. The molecular weight excluding hydrogens is 344 g/mol. The second-order valence-corrected chi connectivity index (χ2v) is 6.28. The topological polar surface area (TPSA) is 61.6 Å². The molecule has 0 N–H and O–H groups in total. The molecule has 2 aliphatic rings. The Kier molecular flexibility index (Phi) is 4.54. The first kappa shape index (κ1) is 17.1. The molecule has 4 rings (SSSR count). The van der Waals surface area contributed by atoms with Crippen molar-refractivity contribution in [3.8, 4) is 23.0 Å². The maximum Gasteiger partial charge on any atom is 0.231 e. The highest BCUT2D eigenvalue weighted by atomic mass is 16.7. The summed E-state index contributed by atoms with van der Waals surface area (Å²) in [6.45, 7) is 2.21. The van der Waals surface area contributed by atoms with Crippen molar-refractivity contribution in [3.05, 3.63) is 53.1 Å². The summed E-state index contributed by atoms with van der Waals surface area (Å²) in [4.78, 5) is 0. The molecule has 0 amide bonds. The van der Waals surface area contributed by atoms with Crippen LogP contribution in [0.1, 0.15) is 23.6 Å². The van der Waals surface area contributed by atoms with E-state index >= 15 is 0 Å². The fourth-order valence-electron chi connectivity index (χ4n) is 3.21. The summed E-state index contributed by atoms with van der Waals surface area (Å²) >= 11 is 0. The van der Waals surface area contributed by atoms with Crippen molar-refractivity contribution in [1.29, 1.82) is 0 Å². The van der Waals surface area contributed by atoms with Crippen molar-refractivity contribution >= 4 is 17.5 Å². The smallest absolute Gasteiger partial charge is 0.231 e. The number of methoxy groups -OCH3 is 2. The molecule has 6 nitrogen and oxygen atoms in total. The molecule has 0 saturated carbocycles. The van der Waals surface area contributed by atoms with Crippen LogP contribution in [0.5, 0.6) is 23.0 Å². The summed E-state index contributed by atoms with van der Waals surface area (Å²) in [6.07, 6.45) is 4.60. The van der Waals surface area contributed by atoms with Crippen molar-refractivity contribution in [2.24, 2.45) is 10.2 Å². The molecule has 2 aromatic carbocycles. The SMILES string of the molecule is COc1cccc(/C=C/C2=NN=C(C)Cc3cc4c(cc32)OCO4)c1OC. The first-order chi connectivity index (χ1) is 13.2. The van der Waals surface area contributed by atoms with E-state index in [2.05, 4.69) is 10.2 Å². The maximum atomic E-state index is 5.53. The van der Waals surface area contributed by atoms with E-state index in [1.54, 1.807) is 14.2 Å². The van der Waals surface area contributed by atoms with E-state index in [1.807, 2.05) is 49.4 Å². The Morgan fingerprint density at radius 3 is 2.59 bits per heavy atom. The Morgan fingerprint density at radius 1 is 1.00 bits per heavy atom. The summed E-state index contributed by atoms with van der Waals surface area (Å²) in [5.41, 5.74) is 4.69. The van der Waals surface area contributed by atoms with Gasteiger partial charge in [0, 0.05) is 23.3 Å². The van der Waals surface area contributed by atoms with E-state index < -0.39 is 0 Å². The van der Waals surface area contributed by atoms with Crippen molar-refractivity contribution in [1.82, 2.24) is 0 Å². The molecule has 0 fully saturated rings. The Balaban J connectivity index is 1.76. The third-order valence-electron chi connectivity index (χ3n) is 4.50. The third kappa shape index (κ3) is 3.26. The second-order valence-electron chi connectivity index (χ2n) is 6.28. The Labute approximate surface area is 157 Å². The minimum Gasteiger partial charge on any atom is -0.493 e. The number of benzene rings is 2. The maximum absolute atomic E-state index is 5.53. The molecule has 2 aliphatic heterocycles. The Bertz CT molecular complexity index is 976. The average Bonchev–Trinajstić information content (AvgIpc) is 3.08. The van der Waals surface area contributed by atoms with Crippen LogP contribution in [0, 0.1) is 0 Å². The minimum atomic E-state index is 0.245. The van der Waals surface area contributed by atoms with E-state index in [0.29, 0.717) is 11.5 Å². The van der Waals surface area contributed by atoms with Crippen LogP contribution in [-0.2, 0) is 6.42 Å². The summed E-state index contributed by atoms with van der Waals surface area (Å²) in [7, 11) is 3.25. The van der Waals surface area contributed by atoms with Gasteiger partial charge in [0.15, 0.2) is 23.0 Å². The van der Waals surface area contributed by atoms with Crippen LogP contribution < -0.4 is 18.9 Å². The number of allylic oxidation sites excluding steroid dienone is 1. The van der Waals surface area contributed by atoms with Crippen molar-refractivity contribution in [3.63, 3.8) is 0 Å². The zero-order chi connectivity index (χ0) is 18.8. The number of hydrogen-bond acceptors (Lipinski definition) is 6. The molecule has 27 heavy (non-hydrogen) atoms. The van der Waals surface area contributed by atoms with Gasteiger partial charge in [0.05, 0.1) is 19.9 Å². The van der Waals surface area contributed by atoms with Gasteiger partial charge in [0.25, 0.3) is 0 Å². The van der Waals surface area contributed by atoms with E-state index in [9.17, 15) is 0 Å². The largest absolute Gasteiger partial charge is 0.493 e. The molecule has 0 aliphatic carbocycles. The van der Waals surface area contributed by atoms with Gasteiger partial charge in [0.2, 0.25) is 6.79 Å². The number of nitrogens with zero attached hydrogens (tertiary/aromatic N) is 2. The predicted molar refractivity (Wildman–Crippen MR) is 104 cm³/mol. The van der Waals surface area contributed by atoms with Crippen LogP contribution in [0.3, 0.4) is 0 Å². The highest BCUT2D eigenvalue weighted by molar-refractivity contribution is 6.13. The van der Waals surface area contributed by atoms with E-state index in [1.165, 1.54) is 0 Å². The molecule has 2 aromatic rings.